The van der Waals surface area contributed by atoms with Crippen LogP contribution in [0.25, 0.3) is 0 Å². The molecule has 0 radical (unpaired) electrons. The molecule has 0 amide bonds. The van der Waals surface area contributed by atoms with Gasteiger partial charge in [-0.3, -0.25) is 0 Å². The second-order valence-electron chi connectivity index (χ2n) is 4.52. The van der Waals surface area contributed by atoms with E-state index in [4.69, 9.17) is 5.73 Å². The highest BCUT2D eigenvalue weighted by atomic mass is 79.9. The first-order valence-electron chi connectivity index (χ1n) is 5.82. The van der Waals surface area contributed by atoms with Crippen molar-refractivity contribution in [3.05, 3.63) is 20.8 Å². The van der Waals surface area contributed by atoms with E-state index in [-0.39, 0.29) is 6.04 Å². The van der Waals surface area contributed by atoms with Gasteiger partial charge in [-0.25, -0.2) is 0 Å². The van der Waals surface area contributed by atoms with Gasteiger partial charge in [0.05, 0.1) is 0 Å². The minimum atomic E-state index is 0.285. The quantitative estimate of drug-likeness (QED) is 0.890. The molecule has 2 rings (SSSR count). The molecule has 1 aromatic rings. The third-order valence-corrected chi connectivity index (χ3v) is 8.40. The van der Waals surface area contributed by atoms with Crippen molar-refractivity contribution in [3.63, 3.8) is 0 Å². The summed E-state index contributed by atoms with van der Waals surface area (Å²) < 4.78 is 1.18. The van der Waals surface area contributed by atoms with Gasteiger partial charge in [-0.1, -0.05) is 13.8 Å². The molecule has 4 atom stereocenters. The van der Waals surface area contributed by atoms with E-state index in [0.29, 0.717) is 5.25 Å². The van der Waals surface area contributed by atoms with Crippen molar-refractivity contribution < 1.29 is 0 Å². The lowest BCUT2D eigenvalue weighted by atomic mass is 10.1. The molecule has 0 spiro atoms. The van der Waals surface area contributed by atoms with Crippen molar-refractivity contribution in [3.8, 4) is 0 Å². The van der Waals surface area contributed by atoms with Crippen LogP contribution in [0.15, 0.2) is 15.9 Å². The predicted molar refractivity (Wildman–Crippen MR) is 86.5 cm³/mol. The average Bonchev–Trinajstić information content (AvgIpc) is 2.68. The van der Waals surface area contributed by atoms with Crippen LogP contribution in [0.4, 0.5) is 0 Å². The van der Waals surface area contributed by atoms with Crippen molar-refractivity contribution in [1.82, 2.24) is 0 Å². The zero-order valence-corrected chi connectivity index (χ0v) is 14.1. The van der Waals surface area contributed by atoms with Gasteiger partial charge in [0.25, 0.3) is 0 Å². The molecule has 0 bridgehead atoms. The molecule has 17 heavy (non-hydrogen) atoms. The van der Waals surface area contributed by atoms with Crippen LogP contribution >= 0.6 is 50.8 Å². The van der Waals surface area contributed by atoms with Crippen molar-refractivity contribution in [1.29, 1.82) is 0 Å². The Morgan fingerprint density at radius 1 is 1.47 bits per heavy atom. The standard InChI is InChI=1S/C12H18BrNS3/c1-7-8(2)17-12(6-15-7)11(14)4-10-3-9(13)5-16-10/h3,5,7-8,11-12H,4,6,14H2,1-2H3. The maximum absolute atomic E-state index is 6.35. The second kappa shape index (κ2) is 6.33. The first-order chi connectivity index (χ1) is 8.06. The summed E-state index contributed by atoms with van der Waals surface area (Å²) in [7, 11) is 0. The fourth-order valence-corrected chi connectivity index (χ4v) is 6.44. The lowest BCUT2D eigenvalue weighted by molar-refractivity contribution is 0.662. The van der Waals surface area contributed by atoms with Crippen LogP contribution < -0.4 is 5.73 Å². The fraction of sp³-hybridized carbons (Fsp3) is 0.667. The van der Waals surface area contributed by atoms with Crippen LogP contribution in [0, 0.1) is 0 Å². The zero-order chi connectivity index (χ0) is 12.4. The van der Waals surface area contributed by atoms with E-state index in [0.717, 1.165) is 16.9 Å². The molecule has 1 aliphatic rings. The number of hydrogen-bond acceptors (Lipinski definition) is 4. The molecular formula is C12H18BrNS3. The van der Waals surface area contributed by atoms with Crippen LogP contribution in [-0.2, 0) is 6.42 Å². The first-order valence-corrected chi connectivity index (χ1v) is 9.48. The Morgan fingerprint density at radius 2 is 2.24 bits per heavy atom. The molecule has 1 nitrogen and oxygen atoms in total. The summed E-state index contributed by atoms with van der Waals surface area (Å²) >= 11 is 9.44. The normalized spacial score (nSPS) is 31.4. The maximum atomic E-state index is 6.35. The summed E-state index contributed by atoms with van der Waals surface area (Å²) in [6.45, 7) is 4.64. The zero-order valence-electron chi connectivity index (χ0n) is 10.1. The fourth-order valence-electron chi connectivity index (χ4n) is 1.86. The largest absolute Gasteiger partial charge is 0.326 e. The Bertz CT molecular complexity index is 368. The van der Waals surface area contributed by atoms with Gasteiger partial charge in [-0.2, -0.15) is 23.5 Å². The van der Waals surface area contributed by atoms with E-state index >= 15 is 0 Å². The molecule has 96 valence electrons. The average molecular weight is 352 g/mol. The van der Waals surface area contributed by atoms with Gasteiger partial charge in [-0.05, 0) is 28.4 Å². The molecule has 0 aliphatic carbocycles. The van der Waals surface area contributed by atoms with Gasteiger partial charge in [0.1, 0.15) is 0 Å². The number of halogens is 1. The van der Waals surface area contributed by atoms with Crippen molar-refractivity contribution in [2.24, 2.45) is 5.73 Å². The van der Waals surface area contributed by atoms with E-state index < -0.39 is 0 Å². The van der Waals surface area contributed by atoms with Crippen molar-refractivity contribution >= 4 is 50.8 Å². The Kier molecular flexibility index (Phi) is 5.31. The Hall–Kier alpha value is 0.840. The van der Waals surface area contributed by atoms with Gasteiger partial charge in [0, 0.05) is 42.3 Å². The molecule has 0 aromatic carbocycles. The Balaban J connectivity index is 1.90. The molecule has 5 heteroatoms. The molecule has 1 saturated heterocycles. The lowest BCUT2D eigenvalue weighted by Gasteiger charge is -2.34. The van der Waals surface area contributed by atoms with Crippen LogP contribution in [0.2, 0.25) is 0 Å². The van der Waals surface area contributed by atoms with Crippen molar-refractivity contribution in [2.45, 2.75) is 42.1 Å². The van der Waals surface area contributed by atoms with Crippen LogP contribution in [0.3, 0.4) is 0 Å². The van der Waals surface area contributed by atoms with Crippen LogP contribution in [0.5, 0.6) is 0 Å². The molecule has 2 heterocycles. The summed E-state index contributed by atoms with van der Waals surface area (Å²) in [5.74, 6) is 1.20. The summed E-state index contributed by atoms with van der Waals surface area (Å²) in [6.07, 6.45) is 1.01. The van der Waals surface area contributed by atoms with Crippen LogP contribution in [-0.4, -0.2) is 27.5 Å². The topological polar surface area (TPSA) is 26.0 Å². The summed E-state index contributed by atoms with van der Waals surface area (Å²) in [6, 6.07) is 2.48. The molecular weight excluding hydrogens is 334 g/mol. The van der Waals surface area contributed by atoms with Crippen molar-refractivity contribution in [2.75, 3.05) is 5.75 Å². The second-order valence-corrected chi connectivity index (χ2v) is 9.46. The predicted octanol–water partition coefficient (Wildman–Crippen LogP) is 4.01. The molecule has 1 aromatic heterocycles. The number of hydrogen-bond donors (Lipinski definition) is 1. The number of nitrogens with two attached hydrogens (primary N) is 1. The Labute approximate surface area is 124 Å². The van der Waals surface area contributed by atoms with Crippen LogP contribution in [0.1, 0.15) is 18.7 Å². The van der Waals surface area contributed by atoms with Gasteiger partial charge in [0.15, 0.2) is 0 Å². The summed E-state index contributed by atoms with van der Waals surface area (Å²) in [5, 5.41) is 4.22. The highest BCUT2D eigenvalue weighted by molar-refractivity contribution is 9.10. The SMILES string of the molecule is CC1SCC(C(N)Cc2cc(Br)cs2)SC1C. The van der Waals surface area contributed by atoms with E-state index in [1.807, 2.05) is 0 Å². The minimum Gasteiger partial charge on any atom is -0.326 e. The van der Waals surface area contributed by atoms with Gasteiger partial charge in [0.2, 0.25) is 0 Å². The lowest BCUT2D eigenvalue weighted by Crippen LogP contribution is -2.41. The van der Waals surface area contributed by atoms with Gasteiger partial charge >= 0.3 is 0 Å². The highest BCUT2D eigenvalue weighted by Crippen LogP contribution is 2.37. The Morgan fingerprint density at radius 3 is 2.82 bits per heavy atom. The number of rotatable bonds is 3. The molecule has 0 saturated carbocycles. The van der Waals surface area contributed by atoms with E-state index in [1.165, 1.54) is 15.1 Å². The van der Waals surface area contributed by atoms with Gasteiger partial charge in [-0.15, -0.1) is 11.3 Å². The van der Waals surface area contributed by atoms with E-state index in [1.54, 1.807) is 11.3 Å². The highest BCUT2D eigenvalue weighted by Gasteiger charge is 2.29. The maximum Gasteiger partial charge on any atom is 0.0296 e. The molecule has 1 aliphatic heterocycles. The summed E-state index contributed by atoms with van der Waals surface area (Å²) in [4.78, 5) is 1.39. The molecule has 1 fully saturated rings. The minimum absolute atomic E-state index is 0.285. The van der Waals surface area contributed by atoms with E-state index in [2.05, 4.69) is 64.7 Å². The van der Waals surface area contributed by atoms with Gasteiger partial charge < -0.3 is 5.73 Å². The smallest absolute Gasteiger partial charge is 0.0296 e. The third kappa shape index (κ3) is 3.90. The van der Waals surface area contributed by atoms with E-state index in [9.17, 15) is 0 Å². The third-order valence-electron chi connectivity index (χ3n) is 3.11. The summed E-state index contributed by atoms with van der Waals surface area (Å²) in [5.41, 5.74) is 6.35. The number of thiophene rings is 1. The molecule has 2 N–H and O–H groups in total. The monoisotopic (exact) mass is 351 g/mol. The first kappa shape index (κ1) is 14.3. The molecule has 4 unspecified atom stereocenters. The number of thioether (sulfide) groups is 2.